The predicted octanol–water partition coefficient (Wildman–Crippen LogP) is 4.77. The van der Waals surface area contributed by atoms with Crippen LogP contribution in [0.5, 0.6) is 0 Å². The van der Waals surface area contributed by atoms with Crippen molar-refractivity contribution in [2.75, 3.05) is 0 Å². The third-order valence-electron chi connectivity index (χ3n) is 5.02. The first-order valence-corrected chi connectivity index (χ1v) is 9.16. The van der Waals surface area contributed by atoms with Crippen molar-refractivity contribution in [3.8, 4) is 0 Å². The third kappa shape index (κ3) is 4.29. The first-order chi connectivity index (χ1) is 9.57. The fraction of sp³-hybridized carbons (Fsp3) is 0.833. The quantitative estimate of drug-likeness (QED) is 0.854. The zero-order valence-corrected chi connectivity index (χ0v) is 15.4. The highest BCUT2D eigenvalue weighted by Gasteiger charge is 2.34. The van der Waals surface area contributed by atoms with Crippen LogP contribution in [0.15, 0.2) is 5.38 Å². The number of aromatic nitrogens is 1. The molecule has 21 heavy (non-hydrogen) atoms. The van der Waals surface area contributed by atoms with E-state index < -0.39 is 0 Å². The first-order valence-electron chi connectivity index (χ1n) is 8.28. The van der Waals surface area contributed by atoms with Gasteiger partial charge in [-0.15, -0.1) is 11.3 Å². The Labute approximate surface area is 134 Å². The second-order valence-corrected chi connectivity index (χ2v) is 9.82. The van der Waals surface area contributed by atoms with E-state index >= 15 is 0 Å². The van der Waals surface area contributed by atoms with Crippen LogP contribution in [0.2, 0.25) is 0 Å². The molecule has 1 heterocycles. The SMILES string of the molecule is CC(C)(C)c1csc(CC2CC(C(C)(C)C)CCC2N)n1. The van der Waals surface area contributed by atoms with Crippen molar-refractivity contribution < 1.29 is 0 Å². The van der Waals surface area contributed by atoms with Gasteiger partial charge in [-0.25, -0.2) is 4.98 Å². The van der Waals surface area contributed by atoms with Crippen LogP contribution in [0.4, 0.5) is 0 Å². The first kappa shape index (κ1) is 17.0. The van der Waals surface area contributed by atoms with Crippen LogP contribution in [0.1, 0.15) is 71.5 Å². The Morgan fingerprint density at radius 3 is 2.38 bits per heavy atom. The van der Waals surface area contributed by atoms with Gasteiger partial charge in [-0.2, -0.15) is 0 Å². The van der Waals surface area contributed by atoms with Crippen molar-refractivity contribution in [1.82, 2.24) is 4.98 Å². The second kappa shape index (κ2) is 6.00. The molecule has 1 aromatic heterocycles. The fourth-order valence-corrected chi connectivity index (χ4v) is 4.40. The van der Waals surface area contributed by atoms with E-state index in [-0.39, 0.29) is 5.41 Å². The van der Waals surface area contributed by atoms with Gasteiger partial charge in [-0.05, 0) is 36.5 Å². The van der Waals surface area contributed by atoms with E-state index in [1.54, 1.807) is 0 Å². The van der Waals surface area contributed by atoms with E-state index in [2.05, 4.69) is 46.9 Å². The molecule has 3 unspecified atom stereocenters. The molecule has 0 aliphatic heterocycles. The lowest BCUT2D eigenvalue weighted by Crippen LogP contribution is -2.40. The van der Waals surface area contributed by atoms with Crippen molar-refractivity contribution in [3.05, 3.63) is 16.1 Å². The number of nitrogens with two attached hydrogens (primary N) is 1. The summed E-state index contributed by atoms with van der Waals surface area (Å²) in [4.78, 5) is 4.86. The van der Waals surface area contributed by atoms with Gasteiger partial charge in [0, 0.05) is 23.3 Å². The van der Waals surface area contributed by atoms with Gasteiger partial charge in [0.05, 0.1) is 10.7 Å². The number of hydrogen-bond acceptors (Lipinski definition) is 3. The lowest BCUT2D eigenvalue weighted by atomic mass is 9.67. The van der Waals surface area contributed by atoms with Crippen LogP contribution in [0.3, 0.4) is 0 Å². The Hall–Kier alpha value is -0.410. The van der Waals surface area contributed by atoms with Crippen LogP contribution in [-0.2, 0) is 11.8 Å². The van der Waals surface area contributed by atoms with Crippen LogP contribution in [0, 0.1) is 17.3 Å². The predicted molar refractivity (Wildman–Crippen MR) is 92.8 cm³/mol. The maximum absolute atomic E-state index is 6.40. The summed E-state index contributed by atoms with van der Waals surface area (Å²) in [6.45, 7) is 13.8. The minimum Gasteiger partial charge on any atom is -0.327 e. The number of thiazole rings is 1. The van der Waals surface area contributed by atoms with Crippen molar-refractivity contribution in [3.63, 3.8) is 0 Å². The molecule has 0 bridgehead atoms. The topological polar surface area (TPSA) is 38.9 Å². The molecular weight excluding hydrogens is 276 g/mol. The van der Waals surface area contributed by atoms with Gasteiger partial charge >= 0.3 is 0 Å². The highest BCUT2D eigenvalue weighted by molar-refractivity contribution is 7.09. The number of rotatable bonds is 2. The zero-order valence-electron chi connectivity index (χ0n) is 14.6. The molecule has 0 spiro atoms. The van der Waals surface area contributed by atoms with Crippen molar-refractivity contribution >= 4 is 11.3 Å². The molecule has 2 rings (SSSR count). The standard InChI is InChI=1S/C18H32N2S/c1-17(2,3)13-7-8-14(19)12(9-13)10-16-20-15(11-21-16)18(4,5)6/h11-14H,7-10,19H2,1-6H3. The summed E-state index contributed by atoms with van der Waals surface area (Å²) in [5.74, 6) is 1.39. The van der Waals surface area contributed by atoms with Crippen molar-refractivity contribution in [2.24, 2.45) is 23.0 Å². The summed E-state index contributed by atoms with van der Waals surface area (Å²) in [5.41, 5.74) is 8.17. The molecule has 0 aromatic carbocycles. The van der Waals surface area contributed by atoms with E-state index in [0.29, 0.717) is 17.4 Å². The van der Waals surface area contributed by atoms with Crippen molar-refractivity contribution in [2.45, 2.75) is 78.7 Å². The molecule has 3 heteroatoms. The maximum Gasteiger partial charge on any atom is 0.0931 e. The average molecular weight is 309 g/mol. The Morgan fingerprint density at radius 2 is 1.86 bits per heavy atom. The highest BCUT2D eigenvalue weighted by atomic mass is 32.1. The van der Waals surface area contributed by atoms with E-state index in [0.717, 1.165) is 12.3 Å². The lowest BCUT2D eigenvalue weighted by Gasteiger charge is -2.40. The minimum atomic E-state index is 0.150. The summed E-state index contributed by atoms with van der Waals surface area (Å²) in [5, 5.41) is 3.50. The van der Waals surface area contributed by atoms with Crippen LogP contribution in [-0.4, -0.2) is 11.0 Å². The summed E-state index contributed by atoms with van der Waals surface area (Å²) in [6.07, 6.45) is 4.78. The van der Waals surface area contributed by atoms with Gasteiger partial charge in [0.15, 0.2) is 0 Å². The molecule has 3 atom stereocenters. The van der Waals surface area contributed by atoms with Gasteiger partial charge in [-0.1, -0.05) is 41.5 Å². The molecule has 1 aliphatic rings. The summed E-state index contributed by atoms with van der Waals surface area (Å²) in [6, 6.07) is 0.352. The molecule has 1 aromatic rings. The van der Waals surface area contributed by atoms with Gasteiger partial charge < -0.3 is 5.73 Å². The zero-order chi connectivity index (χ0) is 15.8. The van der Waals surface area contributed by atoms with Gasteiger partial charge in [-0.3, -0.25) is 0 Å². The highest BCUT2D eigenvalue weighted by Crippen LogP contribution is 2.41. The molecule has 0 saturated heterocycles. The summed E-state index contributed by atoms with van der Waals surface area (Å²) < 4.78 is 0. The third-order valence-corrected chi connectivity index (χ3v) is 5.89. The van der Waals surface area contributed by atoms with Gasteiger partial charge in [0.2, 0.25) is 0 Å². The van der Waals surface area contributed by atoms with Crippen molar-refractivity contribution in [1.29, 1.82) is 0 Å². The number of nitrogens with zero attached hydrogens (tertiary/aromatic N) is 1. The largest absolute Gasteiger partial charge is 0.327 e. The Kier molecular flexibility index (Phi) is 4.84. The van der Waals surface area contributed by atoms with Gasteiger partial charge in [0.25, 0.3) is 0 Å². The van der Waals surface area contributed by atoms with Gasteiger partial charge in [0.1, 0.15) is 0 Å². The Morgan fingerprint density at radius 1 is 1.19 bits per heavy atom. The average Bonchev–Trinajstić information content (AvgIpc) is 2.79. The maximum atomic E-state index is 6.40. The van der Waals surface area contributed by atoms with E-state index in [1.807, 2.05) is 11.3 Å². The molecule has 120 valence electrons. The van der Waals surface area contributed by atoms with E-state index in [9.17, 15) is 0 Å². The molecule has 0 amide bonds. The molecule has 1 aliphatic carbocycles. The molecule has 1 fully saturated rings. The minimum absolute atomic E-state index is 0.150. The normalized spacial score (nSPS) is 27.9. The second-order valence-electron chi connectivity index (χ2n) is 8.88. The molecular formula is C18H32N2S. The van der Waals surface area contributed by atoms with Crippen LogP contribution >= 0.6 is 11.3 Å². The lowest BCUT2D eigenvalue weighted by molar-refractivity contribution is 0.126. The van der Waals surface area contributed by atoms with Crippen LogP contribution < -0.4 is 5.73 Å². The van der Waals surface area contributed by atoms with Crippen LogP contribution in [0.25, 0.3) is 0 Å². The molecule has 0 radical (unpaired) electrons. The fourth-order valence-electron chi connectivity index (χ4n) is 3.28. The molecule has 1 saturated carbocycles. The summed E-state index contributed by atoms with van der Waals surface area (Å²) >= 11 is 1.81. The van der Waals surface area contributed by atoms with E-state index in [4.69, 9.17) is 10.7 Å². The Bertz CT molecular complexity index is 464. The molecule has 2 nitrogen and oxygen atoms in total. The monoisotopic (exact) mass is 308 g/mol. The van der Waals surface area contributed by atoms with E-state index in [1.165, 1.54) is 30.0 Å². The summed E-state index contributed by atoms with van der Waals surface area (Å²) in [7, 11) is 0. The smallest absolute Gasteiger partial charge is 0.0931 e. The Balaban J connectivity index is 2.05. The molecule has 2 N–H and O–H groups in total. The number of hydrogen-bond donors (Lipinski definition) is 1.